The Morgan fingerprint density at radius 3 is 2.71 bits per heavy atom. The lowest BCUT2D eigenvalue weighted by Gasteiger charge is -2.18. The molecule has 0 saturated heterocycles. The van der Waals surface area contributed by atoms with Crippen molar-refractivity contribution >= 4 is 5.95 Å². The fraction of sp³-hybridized carbons (Fsp3) is 0.636. The van der Waals surface area contributed by atoms with Crippen molar-refractivity contribution in [2.24, 2.45) is 5.84 Å². The molecule has 17 heavy (non-hydrogen) atoms. The molecule has 0 radical (unpaired) electrons. The zero-order chi connectivity index (χ0) is 12.7. The van der Waals surface area contributed by atoms with Crippen molar-refractivity contribution in [2.45, 2.75) is 20.8 Å². The zero-order valence-electron chi connectivity index (χ0n) is 10.7. The van der Waals surface area contributed by atoms with Crippen LogP contribution in [0.25, 0.3) is 0 Å². The molecule has 1 heterocycles. The van der Waals surface area contributed by atoms with E-state index in [4.69, 9.17) is 10.6 Å². The number of nitrogens with two attached hydrogens (primary N) is 1. The number of likely N-dealkylation sites (N-methyl/N-ethyl adjacent to an activating group) is 1. The van der Waals surface area contributed by atoms with E-state index in [1.165, 1.54) is 0 Å². The van der Waals surface area contributed by atoms with Crippen LogP contribution in [-0.2, 0) is 0 Å². The average Bonchev–Trinajstić information content (AvgIpc) is 2.36. The summed E-state index contributed by atoms with van der Waals surface area (Å²) in [6.45, 7) is 9.74. The van der Waals surface area contributed by atoms with Gasteiger partial charge in [-0.25, -0.2) is 10.8 Å². The number of hydrazine groups is 1. The molecule has 0 saturated carbocycles. The monoisotopic (exact) mass is 239 g/mol. The highest BCUT2D eigenvalue weighted by atomic mass is 16.5. The molecule has 1 rings (SSSR count). The number of hydrogen-bond acceptors (Lipinski definition) is 6. The van der Waals surface area contributed by atoms with E-state index in [0.29, 0.717) is 18.4 Å². The van der Waals surface area contributed by atoms with Gasteiger partial charge in [-0.1, -0.05) is 13.8 Å². The molecular formula is C11H21N5O. The van der Waals surface area contributed by atoms with Gasteiger partial charge in [0.05, 0.1) is 0 Å². The third-order valence-electron chi connectivity index (χ3n) is 2.60. The highest BCUT2D eigenvalue weighted by Crippen LogP contribution is 2.14. The third kappa shape index (κ3) is 4.16. The number of nitrogen functional groups attached to an aromatic ring is 1. The predicted molar refractivity (Wildman–Crippen MR) is 67.9 cm³/mol. The number of aromatic nitrogens is 2. The maximum absolute atomic E-state index is 5.63. The quantitative estimate of drug-likeness (QED) is 0.541. The zero-order valence-corrected chi connectivity index (χ0v) is 10.7. The fourth-order valence-electron chi connectivity index (χ4n) is 1.45. The van der Waals surface area contributed by atoms with Gasteiger partial charge in [-0.2, -0.15) is 4.98 Å². The highest BCUT2D eigenvalue weighted by molar-refractivity contribution is 5.31. The lowest BCUT2D eigenvalue weighted by atomic mass is 10.4. The molecule has 0 unspecified atom stereocenters. The minimum Gasteiger partial charge on any atom is -0.476 e. The van der Waals surface area contributed by atoms with E-state index in [2.05, 4.69) is 34.1 Å². The lowest BCUT2D eigenvalue weighted by molar-refractivity contribution is 0.217. The van der Waals surface area contributed by atoms with Gasteiger partial charge < -0.3 is 9.64 Å². The first-order valence-corrected chi connectivity index (χ1v) is 5.86. The minimum atomic E-state index is 0.369. The molecule has 0 aliphatic carbocycles. The van der Waals surface area contributed by atoms with Gasteiger partial charge in [0.15, 0.2) is 0 Å². The van der Waals surface area contributed by atoms with Crippen LogP contribution in [0.5, 0.6) is 5.88 Å². The molecule has 0 spiro atoms. The van der Waals surface area contributed by atoms with Crippen LogP contribution in [0.15, 0.2) is 6.20 Å². The van der Waals surface area contributed by atoms with Gasteiger partial charge in [-0.3, -0.25) is 5.43 Å². The van der Waals surface area contributed by atoms with Gasteiger partial charge in [0, 0.05) is 18.3 Å². The predicted octanol–water partition coefficient (Wildman–Crippen LogP) is 0.791. The summed E-state index contributed by atoms with van der Waals surface area (Å²) in [5.74, 6) is 6.20. The fourth-order valence-corrected chi connectivity index (χ4v) is 1.45. The van der Waals surface area contributed by atoms with Gasteiger partial charge in [-0.05, 0) is 20.0 Å². The maximum atomic E-state index is 5.63. The summed E-state index contributed by atoms with van der Waals surface area (Å²) >= 11 is 0. The van der Waals surface area contributed by atoms with Crippen molar-refractivity contribution in [1.29, 1.82) is 0 Å². The van der Waals surface area contributed by atoms with E-state index in [-0.39, 0.29) is 0 Å². The summed E-state index contributed by atoms with van der Waals surface area (Å²) in [5, 5.41) is 0. The summed E-state index contributed by atoms with van der Waals surface area (Å²) in [6, 6.07) is 0. The number of rotatable bonds is 7. The van der Waals surface area contributed by atoms with Crippen LogP contribution < -0.4 is 16.0 Å². The summed E-state index contributed by atoms with van der Waals surface area (Å²) < 4.78 is 5.63. The van der Waals surface area contributed by atoms with Gasteiger partial charge >= 0.3 is 0 Å². The van der Waals surface area contributed by atoms with E-state index >= 15 is 0 Å². The SMILES string of the molecule is CCN(CC)CCOc1nc(NN)ncc1C. The van der Waals surface area contributed by atoms with E-state index in [1.54, 1.807) is 6.20 Å². The minimum absolute atomic E-state index is 0.369. The van der Waals surface area contributed by atoms with Gasteiger partial charge in [0.1, 0.15) is 6.61 Å². The Balaban J connectivity index is 2.50. The average molecular weight is 239 g/mol. The van der Waals surface area contributed by atoms with Crippen LogP contribution in [0.4, 0.5) is 5.95 Å². The van der Waals surface area contributed by atoms with Crippen molar-refractivity contribution in [2.75, 3.05) is 31.7 Å². The van der Waals surface area contributed by atoms with Crippen molar-refractivity contribution in [1.82, 2.24) is 14.9 Å². The first kappa shape index (κ1) is 13.7. The molecular weight excluding hydrogens is 218 g/mol. The Morgan fingerprint density at radius 2 is 2.12 bits per heavy atom. The van der Waals surface area contributed by atoms with Crippen molar-refractivity contribution in [3.8, 4) is 5.88 Å². The number of hydrogen-bond donors (Lipinski definition) is 2. The molecule has 6 heteroatoms. The van der Waals surface area contributed by atoms with Gasteiger partial charge in [-0.15, -0.1) is 0 Å². The highest BCUT2D eigenvalue weighted by Gasteiger charge is 2.05. The molecule has 6 nitrogen and oxygen atoms in total. The van der Waals surface area contributed by atoms with Gasteiger partial charge in [0.25, 0.3) is 0 Å². The molecule has 0 amide bonds. The number of aryl methyl sites for hydroxylation is 1. The lowest BCUT2D eigenvalue weighted by Crippen LogP contribution is -2.28. The number of anilines is 1. The Labute approximate surface area is 102 Å². The van der Waals surface area contributed by atoms with Crippen molar-refractivity contribution in [3.05, 3.63) is 11.8 Å². The summed E-state index contributed by atoms with van der Waals surface area (Å²) in [7, 11) is 0. The summed E-state index contributed by atoms with van der Waals surface area (Å²) in [5.41, 5.74) is 3.31. The van der Waals surface area contributed by atoms with E-state index in [9.17, 15) is 0 Å². The second-order valence-corrected chi connectivity index (χ2v) is 3.70. The molecule has 0 aliphatic rings. The first-order valence-electron chi connectivity index (χ1n) is 5.86. The molecule has 0 aromatic carbocycles. The second kappa shape index (κ2) is 7.03. The first-order chi connectivity index (χ1) is 8.21. The smallest absolute Gasteiger partial charge is 0.240 e. The Kier molecular flexibility index (Phi) is 5.65. The largest absolute Gasteiger partial charge is 0.476 e. The van der Waals surface area contributed by atoms with E-state index < -0.39 is 0 Å². The second-order valence-electron chi connectivity index (χ2n) is 3.70. The Bertz CT molecular complexity index is 341. The number of nitrogens with one attached hydrogen (secondary N) is 1. The standard InChI is InChI=1S/C11H21N5O/c1-4-16(5-2)6-7-17-10-9(3)8-13-11(14-10)15-12/h8H,4-7,12H2,1-3H3,(H,13,14,15). The molecule has 1 aromatic rings. The summed E-state index contributed by atoms with van der Waals surface area (Å²) in [4.78, 5) is 10.4. The molecule has 1 aromatic heterocycles. The number of ether oxygens (including phenoxy) is 1. The van der Waals surface area contributed by atoms with Crippen LogP contribution in [0.1, 0.15) is 19.4 Å². The van der Waals surface area contributed by atoms with E-state index in [1.807, 2.05) is 6.92 Å². The number of nitrogens with zero attached hydrogens (tertiary/aromatic N) is 3. The van der Waals surface area contributed by atoms with Crippen LogP contribution >= 0.6 is 0 Å². The Morgan fingerprint density at radius 1 is 1.41 bits per heavy atom. The van der Waals surface area contributed by atoms with Crippen molar-refractivity contribution in [3.63, 3.8) is 0 Å². The van der Waals surface area contributed by atoms with Crippen LogP contribution in [0, 0.1) is 6.92 Å². The topological polar surface area (TPSA) is 76.3 Å². The van der Waals surface area contributed by atoms with Crippen LogP contribution in [0.2, 0.25) is 0 Å². The third-order valence-corrected chi connectivity index (χ3v) is 2.60. The molecule has 0 atom stereocenters. The summed E-state index contributed by atoms with van der Waals surface area (Å²) in [6.07, 6.45) is 1.69. The molecule has 96 valence electrons. The van der Waals surface area contributed by atoms with Crippen LogP contribution in [-0.4, -0.2) is 41.1 Å². The van der Waals surface area contributed by atoms with Crippen LogP contribution in [0.3, 0.4) is 0 Å². The van der Waals surface area contributed by atoms with E-state index in [0.717, 1.165) is 25.2 Å². The van der Waals surface area contributed by atoms with Gasteiger partial charge in [0.2, 0.25) is 11.8 Å². The molecule has 3 N–H and O–H groups in total. The maximum Gasteiger partial charge on any atom is 0.240 e. The normalized spacial score (nSPS) is 10.6. The van der Waals surface area contributed by atoms with Crippen molar-refractivity contribution < 1.29 is 4.74 Å². The molecule has 0 bridgehead atoms. The molecule has 0 fully saturated rings. The Hall–Kier alpha value is -1.40. The molecule has 0 aliphatic heterocycles.